The minimum atomic E-state index is -0.201. The van der Waals surface area contributed by atoms with Gasteiger partial charge in [-0.2, -0.15) is 0 Å². The Bertz CT molecular complexity index is 444. The quantitative estimate of drug-likeness (QED) is 0.668. The van der Waals surface area contributed by atoms with E-state index in [4.69, 9.17) is 0 Å². The van der Waals surface area contributed by atoms with Gasteiger partial charge in [-0.25, -0.2) is 0 Å². The molecule has 0 radical (unpaired) electrons. The van der Waals surface area contributed by atoms with Crippen LogP contribution in [0.2, 0.25) is 0 Å². The number of quaternary nitrogens is 1. The van der Waals surface area contributed by atoms with E-state index in [2.05, 4.69) is 4.98 Å². The van der Waals surface area contributed by atoms with E-state index in [1.807, 2.05) is 20.3 Å². The standard InChI is InChI=1S/C11H14N2O2/c1-8(14)9-4-5-11(15)12-10(9)6-7-13(2)3/h4-7H,1-3H3,(H,12,15)/p+1/b7-6+. The molecule has 0 aliphatic carbocycles. The molecule has 0 aliphatic rings. The van der Waals surface area contributed by atoms with Crippen molar-refractivity contribution >= 4 is 11.9 Å². The Morgan fingerprint density at radius 1 is 1.40 bits per heavy atom. The van der Waals surface area contributed by atoms with Crippen molar-refractivity contribution in [2.45, 2.75) is 6.92 Å². The summed E-state index contributed by atoms with van der Waals surface area (Å²) in [5.74, 6) is -0.0559. The molecule has 4 nitrogen and oxygen atoms in total. The Kier molecular flexibility index (Phi) is 3.57. The van der Waals surface area contributed by atoms with Gasteiger partial charge < -0.3 is 9.88 Å². The van der Waals surface area contributed by atoms with Crippen molar-refractivity contribution in [3.63, 3.8) is 0 Å². The molecule has 0 saturated carbocycles. The number of nitrogens with one attached hydrogen (secondary N) is 2. The largest absolute Gasteiger partial charge is 0.322 e. The molecule has 0 aromatic carbocycles. The molecule has 80 valence electrons. The van der Waals surface area contributed by atoms with Gasteiger partial charge in [-0.05, 0) is 13.0 Å². The predicted octanol–water partition coefficient (Wildman–Crippen LogP) is -0.307. The van der Waals surface area contributed by atoms with E-state index in [1.54, 1.807) is 12.1 Å². The number of pyridine rings is 1. The summed E-state index contributed by atoms with van der Waals surface area (Å²) >= 11 is 0. The third kappa shape index (κ3) is 3.18. The fourth-order valence-electron chi connectivity index (χ4n) is 1.18. The summed E-state index contributed by atoms with van der Waals surface area (Å²) in [5.41, 5.74) is 0.900. The third-order valence-electron chi connectivity index (χ3n) is 1.91. The van der Waals surface area contributed by atoms with E-state index in [1.165, 1.54) is 13.0 Å². The molecule has 0 unspecified atom stereocenters. The molecule has 0 fully saturated rings. The average Bonchev–Trinajstić information content (AvgIpc) is 2.14. The summed E-state index contributed by atoms with van der Waals surface area (Å²) in [5, 5.41) is 0. The SMILES string of the molecule is CC(=O)c1ccc(=O)[nH]c1/C=C/[NH+](C)C. The van der Waals surface area contributed by atoms with E-state index < -0.39 is 0 Å². The number of Topliss-reactive ketones (excluding diaryl/α,β-unsaturated/α-hetero) is 1. The molecule has 1 aromatic heterocycles. The van der Waals surface area contributed by atoms with Gasteiger partial charge in [0.2, 0.25) is 5.56 Å². The summed E-state index contributed by atoms with van der Waals surface area (Å²) in [6, 6.07) is 2.91. The zero-order chi connectivity index (χ0) is 11.4. The van der Waals surface area contributed by atoms with Crippen molar-refractivity contribution in [3.8, 4) is 0 Å². The zero-order valence-corrected chi connectivity index (χ0v) is 9.13. The maximum atomic E-state index is 11.3. The number of carbonyl (C=O) groups excluding carboxylic acids is 1. The highest BCUT2D eigenvalue weighted by molar-refractivity contribution is 5.96. The van der Waals surface area contributed by atoms with Crippen LogP contribution in [0, 0.1) is 0 Å². The van der Waals surface area contributed by atoms with Gasteiger partial charge in [0.1, 0.15) is 0 Å². The fourth-order valence-corrected chi connectivity index (χ4v) is 1.18. The number of H-pyrrole nitrogens is 1. The van der Waals surface area contributed by atoms with Gasteiger partial charge in [0.25, 0.3) is 0 Å². The number of ketones is 1. The van der Waals surface area contributed by atoms with Crippen molar-refractivity contribution in [1.29, 1.82) is 0 Å². The van der Waals surface area contributed by atoms with Gasteiger partial charge in [-0.15, -0.1) is 0 Å². The lowest BCUT2D eigenvalue weighted by atomic mass is 10.1. The molecular formula is C11H15N2O2+. The molecule has 2 N–H and O–H groups in total. The molecule has 1 heterocycles. The molecule has 1 aromatic rings. The molecule has 0 aliphatic heterocycles. The molecule has 0 amide bonds. The summed E-state index contributed by atoms with van der Waals surface area (Å²) in [4.78, 5) is 26.1. The molecule has 1 rings (SSSR count). The summed E-state index contributed by atoms with van der Waals surface area (Å²) in [6.07, 6.45) is 3.60. The maximum Gasteiger partial charge on any atom is 0.248 e. The van der Waals surface area contributed by atoms with Gasteiger partial charge in [0, 0.05) is 17.7 Å². The number of hydrogen-bond donors (Lipinski definition) is 2. The van der Waals surface area contributed by atoms with Crippen LogP contribution < -0.4 is 10.5 Å². The molecule has 4 heteroatoms. The summed E-state index contributed by atoms with van der Waals surface area (Å²) in [7, 11) is 3.90. The predicted molar refractivity (Wildman–Crippen MR) is 58.9 cm³/mol. The number of hydrogen-bond acceptors (Lipinski definition) is 2. The molecule has 0 saturated heterocycles. The second kappa shape index (κ2) is 4.70. The zero-order valence-electron chi connectivity index (χ0n) is 9.13. The monoisotopic (exact) mass is 207 g/mol. The van der Waals surface area contributed by atoms with Crippen molar-refractivity contribution in [2.75, 3.05) is 14.1 Å². The Morgan fingerprint density at radius 3 is 2.60 bits per heavy atom. The van der Waals surface area contributed by atoms with Crippen molar-refractivity contribution in [3.05, 3.63) is 39.9 Å². The minimum absolute atomic E-state index is 0.0559. The first-order valence-electron chi connectivity index (χ1n) is 4.73. The van der Waals surface area contributed by atoms with Crippen molar-refractivity contribution < 1.29 is 9.69 Å². The first-order chi connectivity index (χ1) is 7.00. The van der Waals surface area contributed by atoms with Crippen LogP contribution in [0.25, 0.3) is 6.08 Å². The highest BCUT2D eigenvalue weighted by atomic mass is 16.1. The summed E-state index contributed by atoms with van der Waals surface area (Å²) < 4.78 is 0. The van der Waals surface area contributed by atoms with Crippen LogP contribution in [-0.2, 0) is 0 Å². The number of rotatable bonds is 3. The average molecular weight is 207 g/mol. The van der Waals surface area contributed by atoms with E-state index in [-0.39, 0.29) is 11.3 Å². The minimum Gasteiger partial charge on any atom is -0.322 e. The number of aromatic nitrogens is 1. The molecular weight excluding hydrogens is 192 g/mol. The molecule has 0 bridgehead atoms. The normalized spacial score (nSPS) is 11.2. The number of carbonyl (C=O) groups is 1. The lowest BCUT2D eigenvalue weighted by Gasteiger charge is -2.02. The third-order valence-corrected chi connectivity index (χ3v) is 1.91. The van der Waals surface area contributed by atoms with Crippen LogP contribution >= 0.6 is 0 Å². The van der Waals surface area contributed by atoms with Crippen LogP contribution in [0.5, 0.6) is 0 Å². The van der Waals surface area contributed by atoms with Crippen LogP contribution in [0.1, 0.15) is 23.0 Å². The highest BCUT2D eigenvalue weighted by Gasteiger charge is 2.05. The maximum absolute atomic E-state index is 11.3. The van der Waals surface area contributed by atoms with Crippen LogP contribution in [0.4, 0.5) is 0 Å². The smallest absolute Gasteiger partial charge is 0.248 e. The van der Waals surface area contributed by atoms with E-state index >= 15 is 0 Å². The number of aromatic amines is 1. The molecule has 0 spiro atoms. The van der Waals surface area contributed by atoms with Gasteiger partial charge in [-0.3, -0.25) is 9.59 Å². The fraction of sp³-hybridized carbons (Fsp3) is 0.273. The van der Waals surface area contributed by atoms with Gasteiger partial charge in [0.15, 0.2) is 5.78 Å². The Hall–Kier alpha value is -1.68. The molecule has 0 atom stereocenters. The second-order valence-electron chi connectivity index (χ2n) is 3.62. The summed E-state index contributed by atoms with van der Waals surface area (Å²) in [6.45, 7) is 1.48. The van der Waals surface area contributed by atoms with Gasteiger partial charge in [-0.1, -0.05) is 0 Å². The van der Waals surface area contributed by atoms with Crippen molar-refractivity contribution in [1.82, 2.24) is 4.98 Å². The first-order valence-corrected chi connectivity index (χ1v) is 4.73. The van der Waals surface area contributed by atoms with Gasteiger partial charge in [0.05, 0.1) is 26.0 Å². The van der Waals surface area contributed by atoms with Crippen LogP contribution in [0.3, 0.4) is 0 Å². The Morgan fingerprint density at radius 2 is 2.07 bits per heavy atom. The van der Waals surface area contributed by atoms with Crippen LogP contribution in [-0.4, -0.2) is 24.9 Å². The first kappa shape index (κ1) is 11.4. The lowest BCUT2D eigenvalue weighted by molar-refractivity contribution is -0.800. The van der Waals surface area contributed by atoms with Crippen LogP contribution in [0.15, 0.2) is 23.1 Å². The van der Waals surface area contributed by atoms with Crippen molar-refractivity contribution in [2.24, 2.45) is 0 Å². The molecule has 15 heavy (non-hydrogen) atoms. The Labute approximate surface area is 88.2 Å². The second-order valence-corrected chi connectivity index (χ2v) is 3.62. The Balaban J connectivity index is 3.19. The highest BCUT2D eigenvalue weighted by Crippen LogP contribution is 2.05. The topological polar surface area (TPSA) is 54.4 Å². The van der Waals surface area contributed by atoms with E-state index in [0.717, 1.165) is 4.90 Å². The van der Waals surface area contributed by atoms with E-state index in [9.17, 15) is 9.59 Å². The lowest BCUT2D eigenvalue weighted by Crippen LogP contribution is -3.00. The van der Waals surface area contributed by atoms with Gasteiger partial charge >= 0.3 is 0 Å². The van der Waals surface area contributed by atoms with E-state index in [0.29, 0.717) is 11.3 Å².